The Morgan fingerprint density at radius 3 is 2.14 bits per heavy atom. The molecular formula is C24H15NO4. The maximum atomic E-state index is 13.3. The van der Waals surface area contributed by atoms with Crippen molar-refractivity contribution in [1.82, 2.24) is 0 Å². The van der Waals surface area contributed by atoms with Gasteiger partial charge in [-0.3, -0.25) is 9.59 Å². The predicted molar refractivity (Wildman–Crippen MR) is 112 cm³/mol. The lowest BCUT2D eigenvalue weighted by Crippen LogP contribution is -2.05. The minimum Gasteiger partial charge on any atom is -0.451 e. The number of carbonyl (C=O) groups excluding carboxylic acids is 1. The van der Waals surface area contributed by atoms with Gasteiger partial charge in [-0.05, 0) is 24.3 Å². The number of benzene rings is 3. The van der Waals surface area contributed by atoms with Gasteiger partial charge in [0.25, 0.3) is 0 Å². The molecule has 1 N–H and O–H groups in total. The van der Waals surface area contributed by atoms with Crippen molar-refractivity contribution < 1.29 is 13.6 Å². The standard InChI is InChI=1S/C24H15NO4/c26-20(15-9-3-1-4-10-15)19-22-23(21(27)17-13-7-8-14-18(17)28-22)29-24(19)25-16-11-5-2-6-12-16/h1-14,25H. The van der Waals surface area contributed by atoms with Gasteiger partial charge < -0.3 is 14.2 Å². The molecule has 5 rings (SSSR count). The average molecular weight is 381 g/mol. The van der Waals surface area contributed by atoms with E-state index in [0.717, 1.165) is 5.69 Å². The Bertz CT molecular complexity index is 1400. The second-order valence-electron chi connectivity index (χ2n) is 6.58. The Balaban J connectivity index is 1.80. The molecule has 2 heterocycles. The normalized spacial score (nSPS) is 11.0. The molecule has 0 aliphatic heterocycles. The van der Waals surface area contributed by atoms with Gasteiger partial charge in [-0.15, -0.1) is 0 Å². The quantitative estimate of drug-likeness (QED) is 0.415. The third-order valence-electron chi connectivity index (χ3n) is 4.71. The van der Waals surface area contributed by atoms with Crippen molar-refractivity contribution in [2.75, 3.05) is 5.32 Å². The molecule has 140 valence electrons. The van der Waals surface area contributed by atoms with E-state index in [1.807, 2.05) is 36.4 Å². The van der Waals surface area contributed by atoms with Crippen molar-refractivity contribution in [3.05, 3.63) is 106 Å². The molecule has 0 fully saturated rings. The first-order chi connectivity index (χ1) is 14.2. The first kappa shape index (κ1) is 17.0. The molecule has 5 nitrogen and oxygen atoms in total. The van der Waals surface area contributed by atoms with Crippen LogP contribution >= 0.6 is 0 Å². The van der Waals surface area contributed by atoms with Crippen LogP contribution in [0.2, 0.25) is 0 Å². The summed E-state index contributed by atoms with van der Waals surface area (Å²) in [5.41, 5.74) is 1.64. The maximum Gasteiger partial charge on any atom is 0.235 e. The summed E-state index contributed by atoms with van der Waals surface area (Å²) < 4.78 is 11.8. The third kappa shape index (κ3) is 2.89. The number of furan rings is 1. The van der Waals surface area contributed by atoms with Crippen LogP contribution in [0.1, 0.15) is 15.9 Å². The van der Waals surface area contributed by atoms with E-state index in [0.29, 0.717) is 16.5 Å². The summed E-state index contributed by atoms with van der Waals surface area (Å²) in [6, 6.07) is 25.0. The fraction of sp³-hybridized carbons (Fsp3) is 0. The largest absolute Gasteiger partial charge is 0.451 e. The molecule has 0 atom stereocenters. The number of anilines is 2. The highest BCUT2D eigenvalue weighted by molar-refractivity contribution is 6.18. The molecule has 0 radical (unpaired) electrons. The van der Waals surface area contributed by atoms with Crippen LogP contribution in [0, 0.1) is 0 Å². The number of hydrogen-bond donors (Lipinski definition) is 1. The molecule has 3 aromatic carbocycles. The molecule has 0 unspecified atom stereocenters. The number of hydrogen-bond acceptors (Lipinski definition) is 5. The van der Waals surface area contributed by atoms with Gasteiger partial charge in [0.1, 0.15) is 11.1 Å². The zero-order valence-electron chi connectivity index (χ0n) is 15.2. The summed E-state index contributed by atoms with van der Waals surface area (Å²) in [4.78, 5) is 26.3. The van der Waals surface area contributed by atoms with Gasteiger partial charge in [-0.1, -0.05) is 60.7 Å². The number of para-hydroxylation sites is 2. The zero-order valence-corrected chi connectivity index (χ0v) is 15.2. The van der Waals surface area contributed by atoms with Gasteiger partial charge in [0.05, 0.1) is 5.39 Å². The van der Waals surface area contributed by atoms with Crippen LogP contribution in [0.25, 0.3) is 22.1 Å². The van der Waals surface area contributed by atoms with Crippen LogP contribution in [-0.4, -0.2) is 5.78 Å². The first-order valence-electron chi connectivity index (χ1n) is 9.12. The van der Waals surface area contributed by atoms with E-state index in [4.69, 9.17) is 8.83 Å². The Morgan fingerprint density at radius 2 is 1.38 bits per heavy atom. The molecule has 0 aliphatic carbocycles. The molecule has 5 heteroatoms. The molecule has 0 bridgehead atoms. The maximum absolute atomic E-state index is 13.3. The van der Waals surface area contributed by atoms with E-state index in [1.165, 1.54) is 0 Å². The predicted octanol–water partition coefficient (Wildman–Crippen LogP) is 5.51. The van der Waals surface area contributed by atoms with Gasteiger partial charge in [-0.25, -0.2) is 0 Å². The van der Waals surface area contributed by atoms with Gasteiger partial charge in [0.15, 0.2) is 5.58 Å². The van der Waals surface area contributed by atoms with Crippen molar-refractivity contribution >= 4 is 39.5 Å². The van der Waals surface area contributed by atoms with Crippen LogP contribution < -0.4 is 10.7 Å². The van der Waals surface area contributed by atoms with Crippen LogP contribution in [0.3, 0.4) is 0 Å². The summed E-state index contributed by atoms with van der Waals surface area (Å²) in [5.74, 6) is -0.113. The highest BCUT2D eigenvalue weighted by Gasteiger charge is 2.27. The lowest BCUT2D eigenvalue weighted by Gasteiger charge is -2.05. The third-order valence-corrected chi connectivity index (χ3v) is 4.71. The summed E-state index contributed by atoms with van der Waals surface area (Å²) in [6.07, 6.45) is 0. The van der Waals surface area contributed by atoms with Gasteiger partial charge in [0, 0.05) is 11.3 Å². The molecule has 0 saturated heterocycles. The fourth-order valence-corrected chi connectivity index (χ4v) is 3.32. The van der Waals surface area contributed by atoms with Crippen LogP contribution in [0.15, 0.2) is 98.6 Å². The second kappa shape index (κ2) is 6.80. The van der Waals surface area contributed by atoms with E-state index in [1.54, 1.807) is 48.5 Å². The monoisotopic (exact) mass is 381 g/mol. The summed E-state index contributed by atoms with van der Waals surface area (Å²) in [6.45, 7) is 0. The summed E-state index contributed by atoms with van der Waals surface area (Å²) in [5, 5.41) is 3.51. The van der Waals surface area contributed by atoms with E-state index in [2.05, 4.69) is 5.32 Å². The Hall–Kier alpha value is -4.12. The number of fused-ring (bicyclic) bond motifs is 2. The summed E-state index contributed by atoms with van der Waals surface area (Å²) >= 11 is 0. The smallest absolute Gasteiger partial charge is 0.235 e. The Morgan fingerprint density at radius 1 is 0.724 bits per heavy atom. The number of carbonyl (C=O) groups is 1. The van der Waals surface area contributed by atoms with Gasteiger partial charge in [0.2, 0.25) is 22.7 Å². The van der Waals surface area contributed by atoms with E-state index in [9.17, 15) is 9.59 Å². The lowest BCUT2D eigenvalue weighted by atomic mass is 10.0. The first-order valence-corrected chi connectivity index (χ1v) is 9.12. The molecule has 2 aromatic heterocycles. The fourth-order valence-electron chi connectivity index (χ4n) is 3.32. The van der Waals surface area contributed by atoms with Gasteiger partial charge in [-0.2, -0.15) is 0 Å². The SMILES string of the molecule is O=C(c1ccccc1)c1c(Nc2ccccc2)oc2c(=O)c3ccccc3oc12. The number of ketones is 1. The molecule has 0 saturated carbocycles. The molecule has 0 aliphatic rings. The van der Waals surface area contributed by atoms with E-state index >= 15 is 0 Å². The van der Waals surface area contributed by atoms with Crippen molar-refractivity contribution in [3.8, 4) is 0 Å². The molecule has 5 aromatic rings. The lowest BCUT2D eigenvalue weighted by molar-refractivity contribution is 0.103. The second-order valence-corrected chi connectivity index (χ2v) is 6.58. The van der Waals surface area contributed by atoms with E-state index < -0.39 is 0 Å². The van der Waals surface area contributed by atoms with Gasteiger partial charge >= 0.3 is 0 Å². The zero-order chi connectivity index (χ0) is 19.8. The Labute approximate surface area is 165 Å². The van der Waals surface area contributed by atoms with Crippen molar-refractivity contribution in [2.24, 2.45) is 0 Å². The summed E-state index contributed by atoms with van der Waals surface area (Å²) in [7, 11) is 0. The molecule has 0 amide bonds. The van der Waals surface area contributed by atoms with Crippen molar-refractivity contribution in [1.29, 1.82) is 0 Å². The molecular weight excluding hydrogens is 366 g/mol. The van der Waals surface area contributed by atoms with Crippen LogP contribution in [0.5, 0.6) is 0 Å². The molecule has 29 heavy (non-hydrogen) atoms. The van der Waals surface area contributed by atoms with E-state index in [-0.39, 0.29) is 33.8 Å². The van der Waals surface area contributed by atoms with Crippen LogP contribution in [0.4, 0.5) is 11.6 Å². The highest BCUT2D eigenvalue weighted by Crippen LogP contribution is 2.34. The van der Waals surface area contributed by atoms with Crippen molar-refractivity contribution in [3.63, 3.8) is 0 Å². The topological polar surface area (TPSA) is 72.5 Å². The average Bonchev–Trinajstić information content (AvgIpc) is 3.13. The minimum absolute atomic E-state index is 0.0152. The number of rotatable bonds is 4. The Kier molecular flexibility index (Phi) is 3.99. The molecule has 0 spiro atoms. The highest BCUT2D eigenvalue weighted by atomic mass is 16.4. The van der Waals surface area contributed by atoms with Crippen molar-refractivity contribution in [2.45, 2.75) is 0 Å². The number of nitrogens with one attached hydrogen (secondary N) is 1. The minimum atomic E-state index is -0.315. The van der Waals surface area contributed by atoms with Crippen LogP contribution in [-0.2, 0) is 0 Å².